The first-order valence-corrected chi connectivity index (χ1v) is 11.4. The molecule has 0 fully saturated rings. The maximum absolute atomic E-state index is 5.68. The molecule has 0 radical (unpaired) electrons. The summed E-state index contributed by atoms with van der Waals surface area (Å²) < 4.78 is 6.71. The van der Waals surface area contributed by atoms with Crippen LogP contribution < -0.4 is 5.01 Å². The maximum atomic E-state index is 5.68. The maximum Gasteiger partial charge on any atom is 0.149 e. The van der Waals surface area contributed by atoms with Crippen LogP contribution in [-0.4, -0.2) is 26.4 Å². The van der Waals surface area contributed by atoms with E-state index in [0.29, 0.717) is 12.6 Å². The molecule has 0 amide bonds. The number of anilines is 1. The van der Waals surface area contributed by atoms with Gasteiger partial charge >= 0.3 is 0 Å². The topological polar surface area (TPSA) is 40.4 Å². The Kier molecular flexibility index (Phi) is 5.18. The molecule has 1 aliphatic heterocycles. The Labute approximate surface area is 135 Å². The number of nitrogens with zero attached hydrogens (tertiary/aromatic N) is 4. The monoisotopic (exact) mass is 368 g/mol. The summed E-state index contributed by atoms with van der Waals surface area (Å²) in [4.78, 5) is 0. The fourth-order valence-electron chi connectivity index (χ4n) is 1.71. The van der Waals surface area contributed by atoms with Gasteiger partial charge < -0.3 is 4.74 Å². The first-order chi connectivity index (χ1) is 9.87. The lowest BCUT2D eigenvalue weighted by molar-refractivity contribution is 0.0582. The molecule has 0 unspecified atom stereocenters. The van der Waals surface area contributed by atoms with Crippen LogP contribution in [0.3, 0.4) is 0 Å². The summed E-state index contributed by atoms with van der Waals surface area (Å²) in [6, 6.07) is 8.99. The first-order valence-electron chi connectivity index (χ1n) is 6.88. The molecule has 1 heterocycles. The van der Waals surface area contributed by atoms with Crippen molar-refractivity contribution in [2.45, 2.75) is 25.7 Å². The van der Waals surface area contributed by atoms with Gasteiger partial charge in [-0.15, -0.1) is 0 Å². The number of benzene rings is 1. The largest absolute Gasteiger partial charge is 0.359 e. The summed E-state index contributed by atoms with van der Waals surface area (Å²) in [6.45, 7) is 12.2. The predicted octanol–water partition coefficient (Wildman–Crippen LogP) is 4.64. The van der Waals surface area contributed by atoms with Crippen LogP contribution >= 0.6 is 15.9 Å². The minimum absolute atomic E-state index is 0.389. The molecule has 0 atom stereocenters. The van der Waals surface area contributed by atoms with Gasteiger partial charge in [-0.1, -0.05) is 42.1 Å². The second kappa shape index (κ2) is 6.72. The number of hydrogen-bond donors (Lipinski definition) is 0. The molecule has 1 aliphatic rings. The molecule has 1 aromatic carbocycles. The standard InChI is InChI=1S/C14H21BrN4OSi/c1-12-18(11-20-9-10-21(2,3)4)16-17-19(12)14-7-5-13(15)6-8-14/h5-8H,1,9-11H2,2-4H3. The summed E-state index contributed by atoms with van der Waals surface area (Å²) in [5.74, 6) is 0.699. The molecule has 5 nitrogen and oxygen atoms in total. The molecule has 114 valence electrons. The Morgan fingerprint density at radius 1 is 1.19 bits per heavy atom. The van der Waals surface area contributed by atoms with Crippen molar-refractivity contribution in [1.29, 1.82) is 0 Å². The highest BCUT2D eigenvalue weighted by Crippen LogP contribution is 2.27. The van der Waals surface area contributed by atoms with Gasteiger partial charge in [-0.3, -0.25) is 0 Å². The molecule has 1 aromatic rings. The van der Waals surface area contributed by atoms with Crippen molar-refractivity contribution in [3.8, 4) is 0 Å². The summed E-state index contributed by atoms with van der Waals surface area (Å²) >= 11 is 3.42. The quantitative estimate of drug-likeness (QED) is 0.542. The minimum atomic E-state index is -1.06. The van der Waals surface area contributed by atoms with Crippen LogP contribution in [0.4, 0.5) is 5.69 Å². The van der Waals surface area contributed by atoms with Crippen molar-refractivity contribution in [2.75, 3.05) is 18.3 Å². The molecule has 0 aromatic heterocycles. The van der Waals surface area contributed by atoms with Crippen LogP contribution in [0.2, 0.25) is 25.7 Å². The third kappa shape index (κ3) is 4.65. The zero-order valence-electron chi connectivity index (χ0n) is 12.7. The molecule has 0 aliphatic carbocycles. The first kappa shape index (κ1) is 16.2. The van der Waals surface area contributed by atoms with Gasteiger partial charge in [0.1, 0.15) is 12.6 Å². The van der Waals surface area contributed by atoms with E-state index in [-0.39, 0.29) is 0 Å². The third-order valence-electron chi connectivity index (χ3n) is 3.06. The number of rotatable bonds is 6. The van der Waals surface area contributed by atoms with Gasteiger partial charge in [0.25, 0.3) is 0 Å². The summed E-state index contributed by atoms with van der Waals surface area (Å²) in [5.41, 5.74) is 0.927. The lowest BCUT2D eigenvalue weighted by Gasteiger charge is -2.20. The van der Waals surface area contributed by atoms with E-state index in [1.807, 2.05) is 24.3 Å². The van der Waals surface area contributed by atoms with E-state index in [0.717, 1.165) is 22.8 Å². The predicted molar refractivity (Wildman–Crippen MR) is 91.4 cm³/mol. The molecule has 0 saturated heterocycles. The van der Waals surface area contributed by atoms with Crippen molar-refractivity contribution in [3.63, 3.8) is 0 Å². The van der Waals surface area contributed by atoms with Gasteiger partial charge in [0, 0.05) is 19.2 Å². The number of hydrogen-bond acceptors (Lipinski definition) is 5. The highest BCUT2D eigenvalue weighted by Gasteiger charge is 2.23. The highest BCUT2D eigenvalue weighted by atomic mass is 79.9. The van der Waals surface area contributed by atoms with Gasteiger partial charge in [0.2, 0.25) is 0 Å². The van der Waals surface area contributed by atoms with Crippen LogP contribution in [0.5, 0.6) is 0 Å². The Morgan fingerprint density at radius 3 is 2.48 bits per heavy atom. The molecule has 0 N–H and O–H groups in total. The van der Waals surface area contributed by atoms with E-state index >= 15 is 0 Å². The Morgan fingerprint density at radius 2 is 1.86 bits per heavy atom. The van der Waals surface area contributed by atoms with Gasteiger partial charge in [0.15, 0.2) is 0 Å². The molecule has 0 bridgehead atoms. The smallest absolute Gasteiger partial charge is 0.149 e. The average Bonchev–Trinajstić information content (AvgIpc) is 2.76. The highest BCUT2D eigenvalue weighted by molar-refractivity contribution is 9.10. The van der Waals surface area contributed by atoms with Crippen LogP contribution in [0, 0.1) is 0 Å². The van der Waals surface area contributed by atoms with E-state index in [9.17, 15) is 0 Å². The molecule has 0 saturated carbocycles. The van der Waals surface area contributed by atoms with Gasteiger partial charge in [0.05, 0.1) is 5.69 Å². The molecule has 7 heteroatoms. The Hall–Kier alpha value is -1.18. The van der Waals surface area contributed by atoms with Gasteiger partial charge in [-0.2, -0.15) is 5.01 Å². The fourth-order valence-corrected chi connectivity index (χ4v) is 2.73. The SMILES string of the molecule is C=C1N(COCC[Si](C)(C)C)N=NN1c1ccc(Br)cc1. The van der Waals surface area contributed by atoms with E-state index < -0.39 is 8.07 Å². The van der Waals surface area contributed by atoms with Crippen LogP contribution in [0.15, 0.2) is 51.6 Å². The normalized spacial score (nSPS) is 15.1. The van der Waals surface area contributed by atoms with E-state index in [2.05, 4.69) is 52.6 Å². The Balaban J connectivity index is 1.85. The zero-order chi connectivity index (χ0) is 15.5. The molecular weight excluding hydrogens is 348 g/mol. The Bertz CT molecular complexity index is 527. The lowest BCUT2D eigenvalue weighted by Crippen LogP contribution is -2.26. The minimum Gasteiger partial charge on any atom is -0.359 e. The van der Waals surface area contributed by atoms with E-state index in [1.165, 1.54) is 0 Å². The summed E-state index contributed by atoms with van der Waals surface area (Å²) in [7, 11) is -1.06. The summed E-state index contributed by atoms with van der Waals surface area (Å²) in [6.07, 6.45) is 0. The molecular formula is C14H21BrN4OSi. The van der Waals surface area contributed by atoms with Crippen molar-refractivity contribution in [1.82, 2.24) is 5.01 Å². The van der Waals surface area contributed by atoms with Crippen molar-refractivity contribution >= 4 is 29.7 Å². The molecule has 2 rings (SSSR count). The van der Waals surface area contributed by atoms with Crippen LogP contribution in [0.25, 0.3) is 0 Å². The van der Waals surface area contributed by atoms with Gasteiger partial charge in [-0.25, -0.2) is 5.01 Å². The fraction of sp³-hybridized carbons (Fsp3) is 0.429. The second-order valence-corrected chi connectivity index (χ2v) is 12.7. The van der Waals surface area contributed by atoms with E-state index in [4.69, 9.17) is 4.74 Å². The summed E-state index contributed by atoms with van der Waals surface area (Å²) in [5, 5.41) is 11.6. The number of halogens is 1. The number of ether oxygens (including phenoxy) is 1. The molecule has 0 spiro atoms. The van der Waals surface area contributed by atoms with Crippen molar-refractivity contribution in [3.05, 3.63) is 41.1 Å². The van der Waals surface area contributed by atoms with Crippen LogP contribution in [0.1, 0.15) is 0 Å². The van der Waals surface area contributed by atoms with Crippen molar-refractivity contribution in [2.24, 2.45) is 10.4 Å². The van der Waals surface area contributed by atoms with Crippen LogP contribution in [-0.2, 0) is 4.74 Å². The van der Waals surface area contributed by atoms with Crippen molar-refractivity contribution < 1.29 is 4.74 Å². The average molecular weight is 369 g/mol. The second-order valence-electron chi connectivity index (χ2n) is 6.13. The zero-order valence-corrected chi connectivity index (χ0v) is 15.3. The third-order valence-corrected chi connectivity index (χ3v) is 5.29. The van der Waals surface area contributed by atoms with E-state index in [1.54, 1.807) is 10.0 Å². The molecule has 21 heavy (non-hydrogen) atoms. The van der Waals surface area contributed by atoms with Gasteiger partial charge in [-0.05, 0) is 40.8 Å². The lowest BCUT2D eigenvalue weighted by atomic mass is 10.3.